The average molecular weight is 425 g/mol. The van der Waals surface area contributed by atoms with Gasteiger partial charge in [0.05, 0.1) is 23.3 Å². The monoisotopic (exact) mass is 424 g/mol. The van der Waals surface area contributed by atoms with E-state index >= 15 is 0 Å². The highest BCUT2D eigenvalue weighted by atomic mass is 35.5. The second-order valence-electron chi connectivity index (χ2n) is 6.62. The van der Waals surface area contributed by atoms with E-state index in [2.05, 4.69) is 15.5 Å². The molecule has 1 heterocycles. The zero-order valence-electron chi connectivity index (χ0n) is 15.0. The molecular formula is C19H16ClF3N4O2. The van der Waals surface area contributed by atoms with Gasteiger partial charge in [0, 0.05) is 6.04 Å². The lowest BCUT2D eigenvalue weighted by atomic mass is 9.92. The second kappa shape index (κ2) is 8.66. The molecule has 0 aliphatic heterocycles. The van der Waals surface area contributed by atoms with Crippen molar-refractivity contribution in [3.05, 3.63) is 52.3 Å². The number of nitriles is 1. The third kappa shape index (κ3) is 5.35. The Bertz CT molecular complexity index is 921. The van der Waals surface area contributed by atoms with Gasteiger partial charge in [0.25, 0.3) is 5.91 Å². The number of carbonyl (C=O) groups is 1. The van der Waals surface area contributed by atoms with Crippen molar-refractivity contribution in [1.29, 1.82) is 5.26 Å². The molecule has 29 heavy (non-hydrogen) atoms. The van der Waals surface area contributed by atoms with Gasteiger partial charge in [-0.3, -0.25) is 4.79 Å². The molecule has 1 aromatic heterocycles. The van der Waals surface area contributed by atoms with Crippen molar-refractivity contribution in [2.75, 3.05) is 0 Å². The molecule has 1 saturated carbocycles. The summed E-state index contributed by atoms with van der Waals surface area (Å²) in [5.74, 6) is -0.291. The van der Waals surface area contributed by atoms with E-state index in [0.29, 0.717) is 25.7 Å². The fraction of sp³-hybridized carbons (Fsp3) is 0.368. The Labute approximate surface area is 169 Å². The number of aromatic nitrogens is 2. The minimum atomic E-state index is -4.63. The van der Waals surface area contributed by atoms with Gasteiger partial charge in [-0.05, 0) is 56.0 Å². The van der Waals surface area contributed by atoms with Crippen molar-refractivity contribution in [1.82, 2.24) is 15.5 Å². The van der Waals surface area contributed by atoms with Crippen LogP contribution in [0.15, 0.2) is 30.3 Å². The summed E-state index contributed by atoms with van der Waals surface area (Å²) in [6, 6.07) is 7.72. The molecule has 1 aromatic carbocycles. The Morgan fingerprint density at radius 2 is 1.90 bits per heavy atom. The van der Waals surface area contributed by atoms with Gasteiger partial charge in [-0.2, -0.15) is 18.4 Å². The molecule has 1 aliphatic rings. The Morgan fingerprint density at radius 1 is 1.17 bits per heavy atom. The molecular weight excluding hydrogens is 409 g/mol. The van der Waals surface area contributed by atoms with Gasteiger partial charge >= 0.3 is 6.18 Å². The molecule has 0 spiro atoms. The number of benzene rings is 1. The van der Waals surface area contributed by atoms with Gasteiger partial charge in [0.2, 0.25) is 0 Å². The van der Waals surface area contributed by atoms with Gasteiger partial charge < -0.3 is 10.1 Å². The van der Waals surface area contributed by atoms with Crippen molar-refractivity contribution in [3.63, 3.8) is 0 Å². The lowest BCUT2D eigenvalue weighted by Gasteiger charge is -2.29. The average Bonchev–Trinajstić information content (AvgIpc) is 2.69. The zero-order valence-corrected chi connectivity index (χ0v) is 15.8. The maximum atomic E-state index is 13.1. The predicted molar refractivity (Wildman–Crippen MR) is 97.3 cm³/mol. The molecule has 3 rings (SSSR count). The first kappa shape index (κ1) is 20.9. The van der Waals surface area contributed by atoms with E-state index in [9.17, 15) is 18.0 Å². The molecule has 1 fully saturated rings. The number of alkyl halides is 3. The molecule has 1 N–H and O–H groups in total. The molecule has 0 unspecified atom stereocenters. The SMILES string of the molecule is N#Cc1ccc(OC2CCC(NC(=O)c3ccc(Cl)nn3)CC2)cc1C(F)(F)F. The first-order chi connectivity index (χ1) is 13.8. The van der Waals surface area contributed by atoms with Gasteiger partial charge in [-0.15, -0.1) is 10.2 Å². The highest BCUT2D eigenvalue weighted by molar-refractivity contribution is 6.29. The minimum absolute atomic E-state index is 0.0697. The molecule has 0 atom stereocenters. The van der Waals surface area contributed by atoms with Gasteiger partial charge in [-0.1, -0.05) is 11.6 Å². The summed E-state index contributed by atoms with van der Waals surface area (Å²) in [6.45, 7) is 0. The highest BCUT2D eigenvalue weighted by Gasteiger charge is 2.34. The maximum absolute atomic E-state index is 13.1. The maximum Gasteiger partial charge on any atom is 0.417 e. The molecule has 152 valence electrons. The number of nitrogens with one attached hydrogen (secondary N) is 1. The molecule has 10 heteroatoms. The number of hydrogen-bond donors (Lipinski definition) is 1. The van der Waals surface area contributed by atoms with Gasteiger partial charge in [0.15, 0.2) is 10.8 Å². The second-order valence-corrected chi connectivity index (χ2v) is 7.01. The molecule has 6 nitrogen and oxygen atoms in total. The standard InChI is InChI=1S/C19H16ClF3N4O2/c20-17-8-7-16(26-27-17)18(28)25-12-2-5-13(6-3-12)29-14-4-1-11(10-24)15(9-14)19(21,22)23/h1,4,7-9,12-13H,2-3,5-6H2,(H,25,28). The smallest absolute Gasteiger partial charge is 0.417 e. The highest BCUT2D eigenvalue weighted by Crippen LogP contribution is 2.35. The number of halogens is 4. The van der Waals surface area contributed by atoms with Crippen molar-refractivity contribution in [3.8, 4) is 11.8 Å². The largest absolute Gasteiger partial charge is 0.490 e. The number of carbonyl (C=O) groups excluding carboxylic acids is 1. The topological polar surface area (TPSA) is 87.9 Å². The fourth-order valence-corrected chi connectivity index (χ4v) is 3.24. The third-order valence-corrected chi connectivity index (χ3v) is 4.80. The predicted octanol–water partition coefficient (Wildman–Crippen LogP) is 4.14. The van der Waals surface area contributed by atoms with E-state index in [4.69, 9.17) is 21.6 Å². The van der Waals surface area contributed by atoms with Crippen LogP contribution in [0.2, 0.25) is 5.15 Å². The van der Waals surface area contributed by atoms with Crippen LogP contribution < -0.4 is 10.1 Å². The fourth-order valence-electron chi connectivity index (χ4n) is 3.14. The molecule has 1 amide bonds. The van der Waals surface area contributed by atoms with Crippen LogP contribution in [0.4, 0.5) is 13.2 Å². The van der Waals surface area contributed by atoms with E-state index in [1.807, 2.05) is 0 Å². The Kier molecular flexibility index (Phi) is 6.23. The van der Waals surface area contributed by atoms with Crippen LogP contribution in [-0.4, -0.2) is 28.3 Å². The zero-order chi connectivity index (χ0) is 21.0. The minimum Gasteiger partial charge on any atom is -0.490 e. The Balaban J connectivity index is 1.55. The Hall–Kier alpha value is -2.86. The number of ether oxygens (including phenoxy) is 1. The number of amides is 1. The number of rotatable bonds is 4. The number of hydrogen-bond acceptors (Lipinski definition) is 5. The van der Waals surface area contributed by atoms with Crippen LogP contribution in [0, 0.1) is 11.3 Å². The summed E-state index contributed by atoms with van der Waals surface area (Å²) in [7, 11) is 0. The summed E-state index contributed by atoms with van der Waals surface area (Å²) >= 11 is 5.64. The van der Waals surface area contributed by atoms with Crippen LogP contribution in [0.5, 0.6) is 5.75 Å². The van der Waals surface area contributed by atoms with Crippen LogP contribution in [0.3, 0.4) is 0 Å². The van der Waals surface area contributed by atoms with Gasteiger partial charge in [-0.25, -0.2) is 0 Å². The van der Waals surface area contributed by atoms with Crippen molar-refractivity contribution in [2.45, 2.75) is 44.0 Å². The van der Waals surface area contributed by atoms with Crippen molar-refractivity contribution < 1.29 is 22.7 Å². The first-order valence-corrected chi connectivity index (χ1v) is 9.22. The molecule has 1 aliphatic carbocycles. The summed E-state index contributed by atoms with van der Waals surface area (Å²) < 4.78 is 44.9. The molecule has 0 bridgehead atoms. The first-order valence-electron chi connectivity index (χ1n) is 8.84. The van der Waals surface area contributed by atoms with Crippen molar-refractivity contribution in [2.24, 2.45) is 0 Å². The van der Waals surface area contributed by atoms with E-state index in [1.165, 1.54) is 18.2 Å². The van der Waals surface area contributed by atoms with Crippen molar-refractivity contribution >= 4 is 17.5 Å². The third-order valence-electron chi connectivity index (χ3n) is 4.59. The summed E-state index contributed by atoms with van der Waals surface area (Å²) in [5.41, 5.74) is -1.30. The molecule has 0 radical (unpaired) electrons. The normalized spacial score (nSPS) is 19.3. The van der Waals surface area contributed by atoms with Crippen LogP contribution >= 0.6 is 11.6 Å². The lowest BCUT2D eigenvalue weighted by molar-refractivity contribution is -0.137. The molecule has 2 aromatic rings. The quantitative estimate of drug-likeness (QED) is 0.796. The van der Waals surface area contributed by atoms with E-state index in [1.54, 1.807) is 6.07 Å². The van der Waals surface area contributed by atoms with Crippen LogP contribution in [0.25, 0.3) is 0 Å². The van der Waals surface area contributed by atoms with E-state index in [-0.39, 0.29) is 34.6 Å². The van der Waals surface area contributed by atoms with Crippen LogP contribution in [0.1, 0.15) is 47.3 Å². The lowest BCUT2D eigenvalue weighted by Crippen LogP contribution is -2.40. The summed E-state index contributed by atoms with van der Waals surface area (Å²) in [5, 5.41) is 19.2. The summed E-state index contributed by atoms with van der Waals surface area (Å²) in [6.07, 6.45) is -2.54. The van der Waals surface area contributed by atoms with E-state index in [0.717, 1.165) is 12.1 Å². The molecule has 0 saturated heterocycles. The van der Waals surface area contributed by atoms with E-state index < -0.39 is 17.3 Å². The summed E-state index contributed by atoms with van der Waals surface area (Å²) in [4.78, 5) is 12.2. The van der Waals surface area contributed by atoms with Crippen LogP contribution in [-0.2, 0) is 6.18 Å². The Morgan fingerprint density at radius 3 is 2.48 bits per heavy atom. The number of nitrogens with zero attached hydrogens (tertiary/aromatic N) is 3. The van der Waals surface area contributed by atoms with Gasteiger partial charge in [0.1, 0.15) is 5.75 Å².